The molecule has 0 spiro atoms. The highest BCUT2D eigenvalue weighted by Gasteiger charge is 2.13. The summed E-state index contributed by atoms with van der Waals surface area (Å²) in [7, 11) is 1.90. The summed E-state index contributed by atoms with van der Waals surface area (Å²) in [5.74, 6) is -2.01. The molecule has 0 radical (unpaired) electrons. The van der Waals surface area contributed by atoms with Gasteiger partial charge in [-0.3, -0.25) is 14.5 Å². The first-order valence-electron chi connectivity index (χ1n) is 4.80. The molecule has 0 unspecified atom stereocenters. The van der Waals surface area contributed by atoms with E-state index in [1.165, 1.54) is 4.90 Å². The summed E-state index contributed by atoms with van der Waals surface area (Å²) in [4.78, 5) is 24.3. The van der Waals surface area contributed by atoms with Gasteiger partial charge in [0.15, 0.2) is 0 Å². The molecule has 0 aromatic rings. The maximum atomic E-state index is 10.5. The van der Waals surface area contributed by atoms with Gasteiger partial charge in [0.2, 0.25) is 0 Å². The van der Waals surface area contributed by atoms with Gasteiger partial charge in [-0.05, 0) is 13.6 Å². The summed E-state index contributed by atoms with van der Waals surface area (Å²) in [6, 6.07) is 0. The van der Waals surface area contributed by atoms with Gasteiger partial charge in [0.1, 0.15) is 0 Å². The van der Waals surface area contributed by atoms with Gasteiger partial charge in [-0.2, -0.15) is 0 Å². The first-order valence-corrected chi connectivity index (χ1v) is 4.80. The predicted molar refractivity (Wildman–Crippen MR) is 54.9 cm³/mol. The van der Waals surface area contributed by atoms with Crippen LogP contribution in [-0.4, -0.2) is 71.7 Å². The van der Waals surface area contributed by atoms with Crippen molar-refractivity contribution in [3.63, 3.8) is 0 Å². The van der Waals surface area contributed by atoms with Crippen molar-refractivity contribution in [1.29, 1.82) is 0 Å². The van der Waals surface area contributed by atoms with Crippen molar-refractivity contribution in [2.45, 2.75) is 6.92 Å². The average Bonchev–Trinajstić information content (AvgIpc) is 2.11. The summed E-state index contributed by atoms with van der Waals surface area (Å²) >= 11 is 0. The molecule has 0 aliphatic rings. The van der Waals surface area contributed by atoms with E-state index in [9.17, 15) is 9.59 Å². The van der Waals surface area contributed by atoms with E-state index in [4.69, 9.17) is 10.2 Å². The molecule has 0 amide bonds. The summed E-state index contributed by atoms with van der Waals surface area (Å²) < 4.78 is 0. The Kier molecular flexibility index (Phi) is 6.64. The Bertz CT molecular complexity index is 204. The standard InChI is InChI=1S/C9H18N2O4/c1-3-10(2)4-5-11(6-8(12)13)7-9(14)15/h3-7H2,1-2H3,(H,12,13)(H,14,15). The molecular formula is C9H18N2O4. The maximum absolute atomic E-state index is 10.5. The quantitative estimate of drug-likeness (QED) is 0.566. The fourth-order valence-corrected chi connectivity index (χ4v) is 1.07. The molecular weight excluding hydrogens is 200 g/mol. The van der Waals surface area contributed by atoms with Crippen molar-refractivity contribution in [3.05, 3.63) is 0 Å². The summed E-state index contributed by atoms with van der Waals surface area (Å²) in [6.07, 6.45) is 0. The Morgan fingerprint density at radius 3 is 1.87 bits per heavy atom. The molecule has 0 rings (SSSR count). The molecule has 15 heavy (non-hydrogen) atoms. The number of rotatable bonds is 8. The van der Waals surface area contributed by atoms with E-state index in [0.717, 1.165) is 6.54 Å². The number of aliphatic carboxylic acids is 2. The van der Waals surface area contributed by atoms with E-state index < -0.39 is 11.9 Å². The molecule has 2 N–H and O–H groups in total. The lowest BCUT2D eigenvalue weighted by atomic mass is 10.4. The van der Waals surface area contributed by atoms with Crippen LogP contribution in [0.3, 0.4) is 0 Å². The van der Waals surface area contributed by atoms with E-state index in [-0.39, 0.29) is 13.1 Å². The van der Waals surface area contributed by atoms with E-state index in [2.05, 4.69) is 0 Å². The second-order valence-electron chi connectivity index (χ2n) is 3.39. The normalized spacial score (nSPS) is 10.9. The van der Waals surface area contributed by atoms with Crippen LogP contribution in [0.15, 0.2) is 0 Å². The van der Waals surface area contributed by atoms with Gasteiger partial charge in [-0.25, -0.2) is 0 Å². The second kappa shape index (κ2) is 7.19. The lowest BCUT2D eigenvalue weighted by Gasteiger charge is -2.21. The third-order valence-electron chi connectivity index (χ3n) is 2.06. The van der Waals surface area contributed by atoms with Crippen molar-refractivity contribution < 1.29 is 19.8 Å². The molecule has 6 nitrogen and oxygen atoms in total. The fraction of sp³-hybridized carbons (Fsp3) is 0.778. The monoisotopic (exact) mass is 218 g/mol. The van der Waals surface area contributed by atoms with E-state index in [1.54, 1.807) is 0 Å². The van der Waals surface area contributed by atoms with Crippen LogP contribution in [0.2, 0.25) is 0 Å². The minimum Gasteiger partial charge on any atom is -0.480 e. The van der Waals surface area contributed by atoms with Crippen LogP contribution in [0.1, 0.15) is 6.92 Å². The van der Waals surface area contributed by atoms with Crippen LogP contribution in [0, 0.1) is 0 Å². The van der Waals surface area contributed by atoms with Gasteiger partial charge in [0, 0.05) is 13.1 Å². The van der Waals surface area contributed by atoms with Crippen molar-refractivity contribution in [3.8, 4) is 0 Å². The Labute approximate surface area is 89.1 Å². The van der Waals surface area contributed by atoms with Crippen LogP contribution >= 0.6 is 0 Å². The molecule has 0 saturated carbocycles. The predicted octanol–water partition coefficient (Wildman–Crippen LogP) is -0.591. The zero-order valence-electron chi connectivity index (χ0n) is 9.14. The number of likely N-dealkylation sites (N-methyl/N-ethyl adjacent to an activating group) is 1. The lowest BCUT2D eigenvalue weighted by molar-refractivity contribution is -0.141. The van der Waals surface area contributed by atoms with Gasteiger partial charge >= 0.3 is 11.9 Å². The number of nitrogens with zero attached hydrogens (tertiary/aromatic N) is 2. The second-order valence-corrected chi connectivity index (χ2v) is 3.39. The lowest BCUT2D eigenvalue weighted by Crippen LogP contribution is -2.39. The van der Waals surface area contributed by atoms with E-state index in [1.807, 2.05) is 18.9 Å². The van der Waals surface area contributed by atoms with E-state index >= 15 is 0 Å². The summed E-state index contributed by atoms with van der Waals surface area (Å²) in [5.41, 5.74) is 0. The molecule has 0 aromatic heterocycles. The van der Waals surface area contributed by atoms with Crippen molar-refractivity contribution in [2.75, 3.05) is 39.8 Å². The molecule has 0 aromatic carbocycles. The fourth-order valence-electron chi connectivity index (χ4n) is 1.07. The van der Waals surface area contributed by atoms with Crippen LogP contribution < -0.4 is 0 Å². The highest BCUT2D eigenvalue weighted by Crippen LogP contribution is 1.90. The molecule has 0 atom stereocenters. The zero-order valence-corrected chi connectivity index (χ0v) is 9.14. The Balaban J connectivity index is 4.00. The number of carbonyl (C=O) groups is 2. The Morgan fingerprint density at radius 2 is 1.53 bits per heavy atom. The molecule has 88 valence electrons. The number of carboxylic acid groups (broad SMARTS) is 2. The minimum absolute atomic E-state index is 0.232. The SMILES string of the molecule is CCN(C)CCN(CC(=O)O)CC(=O)O. The number of hydrogen-bond acceptors (Lipinski definition) is 4. The molecule has 0 aliphatic carbocycles. The maximum Gasteiger partial charge on any atom is 0.317 e. The smallest absolute Gasteiger partial charge is 0.317 e. The summed E-state index contributed by atoms with van der Waals surface area (Å²) in [6.45, 7) is 3.49. The third-order valence-corrected chi connectivity index (χ3v) is 2.06. The Hall–Kier alpha value is -1.14. The van der Waals surface area contributed by atoms with Crippen molar-refractivity contribution >= 4 is 11.9 Å². The van der Waals surface area contributed by atoms with Crippen LogP contribution in [0.4, 0.5) is 0 Å². The van der Waals surface area contributed by atoms with Crippen molar-refractivity contribution in [2.24, 2.45) is 0 Å². The molecule has 0 saturated heterocycles. The minimum atomic E-state index is -1.00. The van der Waals surface area contributed by atoms with Gasteiger partial charge in [-0.1, -0.05) is 6.92 Å². The first kappa shape index (κ1) is 13.9. The highest BCUT2D eigenvalue weighted by molar-refractivity contribution is 5.72. The van der Waals surface area contributed by atoms with Gasteiger partial charge in [0.25, 0.3) is 0 Å². The average molecular weight is 218 g/mol. The Morgan fingerprint density at radius 1 is 1.07 bits per heavy atom. The molecule has 0 heterocycles. The zero-order chi connectivity index (χ0) is 11.8. The molecule has 0 fully saturated rings. The number of hydrogen-bond donors (Lipinski definition) is 2. The largest absolute Gasteiger partial charge is 0.480 e. The van der Waals surface area contributed by atoms with Gasteiger partial charge < -0.3 is 15.1 Å². The van der Waals surface area contributed by atoms with Crippen LogP contribution in [0.5, 0.6) is 0 Å². The summed E-state index contributed by atoms with van der Waals surface area (Å²) in [5, 5.41) is 17.1. The first-order chi connectivity index (χ1) is 6.95. The molecule has 6 heteroatoms. The third kappa shape index (κ3) is 7.90. The van der Waals surface area contributed by atoms with Crippen LogP contribution in [0.25, 0.3) is 0 Å². The van der Waals surface area contributed by atoms with Gasteiger partial charge in [0.05, 0.1) is 13.1 Å². The van der Waals surface area contributed by atoms with E-state index in [0.29, 0.717) is 13.1 Å². The topological polar surface area (TPSA) is 81.1 Å². The number of carboxylic acids is 2. The molecule has 0 bridgehead atoms. The van der Waals surface area contributed by atoms with Crippen molar-refractivity contribution in [1.82, 2.24) is 9.80 Å². The molecule has 0 aliphatic heterocycles. The highest BCUT2D eigenvalue weighted by atomic mass is 16.4. The van der Waals surface area contributed by atoms with Gasteiger partial charge in [-0.15, -0.1) is 0 Å². The van der Waals surface area contributed by atoms with Crippen LogP contribution in [-0.2, 0) is 9.59 Å².